The Morgan fingerprint density at radius 3 is 2.75 bits per heavy atom. The fourth-order valence-corrected chi connectivity index (χ4v) is 2.08. The zero-order valence-electron chi connectivity index (χ0n) is 10.3. The molecule has 3 N–H and O–H groups in total. The van der Waals surface area contributed by atoms with Gasteiger partial charge >= 0.3 is 5.69 Å². The van der Waals surface area contributed by atoms with Crippen LogP contribution in [-0.2, 0) is 0 Å². The Kier molecular flexibility index (Phi) is 2.83. The molecule has 102 valence electrons. The first kappa shape index (κ1) is 12.5. The van der Waals surface area contributed by atoms with Crippen LogP contribution in [0.4, 0.5) is 0 Å². The number of rotatable bonds is 2. The van der Waals surface area contributed by atoms with Crippen LogP contribution in [0.3, 0.4) is 0 Å². The molecule has 20 heavy (non-hydrogen) atoms. The molecule has 0 aliphatic heterocycles. The van der Waals surface area contributed by atoms with Gasteiger partial charge in [0.2, 0.25) is 0 Å². The Morgan fingerprint density at radius 1 is 1.20 bits per heavy atom. The van der Waals surface area contributed by atoms with Crippen molar-refractivity contribution < 1.29 is 4.74 Å². The van der Waals surface area contributed by atoms with E-state index in [9.17, 15) is 9.59 Å². The second kappa shape index (κ2) is 4.53. The number of nitrogens with zero attached hydrogens (tertiary/aromatic N) is 1. The van der Waals surface area contributed by atoms with Gasteiger partial charge < -0.3 is 9.72 Å². The zero-order chi connectivity index (χ0) is 14.3. The normalized spacial score (nSPS) is 10.9. The number of H-pyrrole nitrogens is 3. The number of ether oxygens (including phenoxy) is 1. The summed E-state index contributed by atoms with van der Waals surface area (Å²) in [5.74, 6) is 0.913. The van der Waals surface area contributed by atoms with Gasteiger partial charge in [-0.05, 0) is 18.2 Å². The van der Waals surface area contributed by atoms with Gasteiger partial charge in [0.15, 0.2) is 5.65 Å². The van der Waals surface area contributed by atoms with Crippen LogP contribution >= 0.6 is 11.6 Å². The highest BCUT2D eigenvalue weighted by atomic mass is 35.5. The highest BCUT2D eigenvalue weighted by Crippen LogP contribution is 2.30. The van der Waals surface area contributed by atoms with Crippen molar-refractivity contribution in [3.05, 3.63) is 44.1 Å². The molecule has 2 heterocycles. The van der Waals surface area contributed by atoms with Crippen LogP contribution in [-0.4, -0.2) is 27.0 Å². The van der Waals surface area contributed by atoms with Crippen molar-refractivity contribution in [1.82, 2.24) is 19.9 Å². The van der Waals surface area contributed by atoms with E-state index in [0.717, 1.165) is 0 Å². The number of halogens is 1. The van der Waals surface area contributed by atoms with E-state index >= 15 is 0 Å². The molecule has 0 spiro atoms. The molecule has 0 aliphatic rings. The Morgan fingerprint density at radius 2 is 2.00 bits per heavy atom. The van der Waals surface area contributed by atoms with E-state index in [4.69, 9.17) is 16.3 Å². The second-order valence-electron chi connectivity index (χ2n) is 4.06. The summed E-state index contributed by atoms with van der Waals surface area (Å²) in [6.07, 6.45) is 0. The highest BCUT2D eigenvalue weighted by molar-refractivity contribution is 6.30. The molecule has 7 nitrogen and oxygen atoms in total. The van der Waals surface area contributed by atoms with Crippen molar-refractivity contribution in [1.29, 1.82) is 0 Å². The van der Waals surface area contributed by atoms with Crippen molar-refractivity contribution in [2.24, 2.45) is 0 Å². The van der Waals surface area contributed by atoms with E-state index in [2.05, 4.69) is 19.9 Å². The molecular formula is C12H9ClN4O3. The summed E-state index contributed by atoms with van der Waals surface area (Å²) in [4.78, 5) is 34.5. The smallest absolute Gasteiger partial charge is 0.327 e. The van der Waals surface area contributed by atoms with Crippen molar-refractivity contribution in [2.45, 2.75) is 0 Å². The number of nitrogens with one attached hydrogen (secondary N) is 3. The van der Waals surface area contributed by atoms with Crippen LogP contribution in [0.15, 0.2) is 27.8 Å². The van der Waals surface area contributed by atoms with Gasteiger partial charge in [-0.25, -0.2) is 9.78 Å². The number of fused-ring (bicyclic) bond motifs is 1. The van der Waals surface area contributed by atoms with Crippen molar-refractivity contribution in [3.8, 4) is 17.1 Å². The molecule has 0 saturated carbocycles. The third-order valence-corrected chi connectivity index (χ3v) is 3.04. The van der Waals surface area contributed by atoms with Crippen LogP contribution in [0, 0.1) is 0 Å². The zero-order valence-corrected chi connectivity index (χ0v) is 11.0. The van der Waals surface area contributed by atoms with Gasteiger partial charge in [-0.15, -0.1) is 0 Å². The minimum absolute atomic E-state index is 0.186. The summed E-state index contributed by atoms with van der Waals surface area (Å²) >= 11 is 5.89. The Hall–Kier alpha value is -2.54. The lowest BCUT2D eigenvalue weighted by Crippen LogP contribution is -2.21. The van der Waals surface area contributed by atoms with Gasteiger partial charge in [0.1, 0.15) is 17.1 Å². The molecule has 0 amide bonds. The van der Waals surface area contributed by atoms with Crippen LogP contribution in [0.5, 0.6) is 5.75 Å². The van der Waals surface area contributed by atoms with Gasteiger partial charge in [-0.1, -0.05) is 11.6 Å². The maximum Gasteiger partial charge on any atom is 0.327 e. The van der Waals surface area contributed by atoms with E-state index < -0.39 is 11.2 Å². The number of aromatic nitrogens is 4. The first-order valence-corrected chi connectivity index (χ1v) is 6.02. The van der Waals surface area contributed by atoms with Crippen LogP contribution in [0.25, 0.3) is 22.6 Å². The molecular weight excluding hydrogens is 284 g/mol. The monoisotopic (exact) mass is 292 g/mol. The molecule has 8 heteroatoms. The average molecular weight is 293 g/mol. The SMILES string of the molecule is COc1cc(Cl)ccc1-c1nc2[nH]c(=O)[nH]c(=O)c2[nH]1. The van der Waals surface area contributed by atoms with Crippen molar-refractivity contribution in [2.75, 3.05) is 7.11 Å². The van der Waals surface area contributed by atoms with Crippen molar-refractivity contribution in [3.63, 3.8) is 0 Å². The average Bonchev–Trinajstić information content (AvgIpc) is 2.82. The van der Waals surface area contributed by atoms with E-state index in [0.29, 0.717) is 22.2 Å². The van der Waals surface area contributed by atoms with Gasteiger partial charge in [0, 0.05) is 5.02 Å². The molecule has 3 rings (SSSR count). The third-order valence-electron chi connectivity index (χ3n) is 2.81. The molecule has 0 unspecified atom stereocenters. The summed E-state index contributed by atoms with van der Waals surface area (Å²) in [6.45, 7) is 0. The summed E-state index contributed by atoms with van der Waals surface area (Å²) < 4.78 is 5.23. The number of methoxy groups -OCH3 is 1. The lowest BCUT2D eigenvalue weighted by atomic mass is 10.2. The first-order valence-electron chi connectivity index (χ1n) is 5.64. The molecule has 0 saturated heterocycles. The van der Waals surface area contributed by atoms with Gasteiger partial charge in [0.25, 0.3) is 5.56 Å². The Labute approximate surface area is 116 Å². The number of aromatic amines is 3. The number of hydrogen-bond acceptors (Lipinski definition) is 4. The fraction of sp³-hybridized carbons (Fsp3) is 0.0833. The topological polar surface area (TPSA) is 104 Å². The van der Waals surface area contributed by atoms with Crippen LogP contribution in [0.2, 0.25) is 5.02 Å². The van der Waals surface area contributed by atoms with Gasteiger partial charge in [-0.3, -0.25) is 14.8 Å². The number of benzene rings is 1. The van der Waals surface area contributed by atoms with E-state index in [1.807, 2.05) is 0 Å². The molecule has 0 fully saturated rings. The molecule has 2 aromatic heterocycles. The largest absolute Gasteiger partial charge is 0.496 e. The number of imidazole rings is 1. The lowest BCUT2D eigenvalue weighted by Gasteiger charge is -2.05. The fourth-order valence-electron chi connectivity index (χ4n) is 1.92. The Bertz CT molecular complexity index is 909. The lowest BCUT2D eigenvalue weighted by molar-refractivity contribution is 0.416. The standard InChI is InChI=1S/C12H9ClN4O3/c1-20-7-4-5(13)2-3-6(7)9-14-8-10(15-9)16-12(19)17-11(8)18/h2-4H,1H3,(H3,14,15,16,17,18,19). The predicted molar refractivity (Wildman–Crippen MR) is 74.3 cm³/mol. The maximum atomic E-state index is 11.7. The summed E-state index contributed by atoms with van der Waals surface area (Å²) in [7, 11) is 1.51. The summed E-state index contributed by atoms with van der Waals surface area (Å²) in [5.41, 5.74) is -0.130. The minimum atomic E-state index is -0.608. The van der Waals surface area contributed by atoms with E-state index in [1.54, 1.807) is 18.2 Å². The van der Waals surface area contributed by atoms with E-state index in [1.165, 1.54) is 7.11 Å². The molecule has 0 bridgehead atoms. The quantitative estimate of drug-likeness (QED) is 0.661. The first-order chi connectivity index (χ1) is 9.58. The molecule has 0 atom stereocenters. The molecule has 0 aliphatic carbocycles. The van der Waals surface area contributed by atoms with Gasteiger partial charge in [0.05, 0.1) is 12.7 Å². The van der Waals surface area contributed by atoms with E-state index in [-0.39, 0.29) is 11.2 Å². The summed E-state index contributed by atoms with van der Waals surface area (Å²) in [6, 6.07) is 5.03. The second-order valence-corrected chi connectivity index (χ2v) is 4.50. The Balaban J connectivity index is 2.28. The van der Waals surface area contributed by atoms with Crippen LogP contribution < -0.4 is 16.0 Å². The third kappa shape index (κ3) is 1.97. The molecule has 3 aromatic rings. The molecule has 1 aromatic carbocycles. The summed E-state index contributed by atoms with van der Waals surface area (Å²) in [5, 5.41) is 0.521. The van der Waals surface area contributed by atoms with Crippen LogP contribution in [0.1, 0.15) is 0 Å². The number of hydrogen-bond donors (Lipinski definition) is 3. The van der Waals surface area contributed by atoms with Crippen molar-refractivity contribution >= 4 is 22.8 Å². The molecule has 0 radical (unpaired) electrons. The minimum Gasteiger partial charge on any atom is -0.496 e. The van der Waals surface area contributed by atoms with Gasteiger partial charge in [-0.2, -0.15) is 0 Å². The maximum absolute atomic E-state index is 11.7. The highest BCUT2D eigenvalue weighted by Gasteiger charge is 2.13. The predicted octanol–water partition coefficient (Wildman–Crippen LogP) is 1.27.